The van der Waals surface area contributed by atoms with E-state index in [1.807, 2.05) is 50.2 Å². The smallest absolute Gasteiger partial charge is 0.345 e. The maximum absolute atomic E-state index is 13.6. The Hall–Kier alpha value is -2.77. The number of hydrogen-bond acceptors (Lipinski definition) is 2. The van der Waals surface area contributed by atoms with E-state index >= 15 is 0 Å². The van der Waals surface area contributed by atoms with E-state index in [0.717, 1.165) is 58.5 Å². The first-order valence-corrected chi connectivity index (χ1v) is 11.7. The van der Waals surface area contributed by atoms with Crippen molar-refractivity contribution >= 4 is 37.0 Å². The van der Waals surface area contributed by atoms with E-state index in [2.05, 4.69) is 45.0 Å². The van der Waals surface area contributed by atoms with E-state index in [0.29, 0.717) is 11.3 Å². The highest BCUT2D eigenvalue weighted by atomic mass is 31.0. The van der Waals surface area contributed by atoms with Gasteiger partial charge in [0.05, 0.1) is 16.3 Å². The topological polar surface area (TPSA) is 30.2 Å². The summed E-state index contributed by atoms with van der Waals surface area (Å²) in [6.45, 7) is 7.12. The van der Waals surface area contributed by atoms with Gasteiger partial charge in [-0.2, -0.15) is 4.57 Å². The fourth-order valence-electron chi connectivity index (χ4n) is 4.36. The molecule has 0 amide bonds. The number of pyridine rings is 1. The van der Waals surface area contributed by atoms with Crippen molar-refractivity contribution in [2.45, 2.75) is 46.3 Å². The van der Waals surface area contributed by atoms with Crippen molar-refractivity contribution in [1.82, 2.24) is 0 Å². The van der Waals surface area contributed by atoms with Gasteiger partial charge in [-0.1, -0.05) is 49.7 Å². The molecule has 0 aliphatic rings. The Bertz CT molecular complexity index is 1200. The van der Waals surface area contributed by atoms with Crippen LogP contribution in [0.4, 0.5) is 0 Å². The van der Waals surface area contributed by atoms with Crippen LogP contribution in [-0.2, 0) is 12.7 Å². The summed E-state index contributed by atoms with van der Waals surface area (Å²) in [7, 11) is 2.74. The Morgan fingerprint density at radius 3 is 2.00 bits per heavy atom. The normalized spacial score (nSPS) is 11.2. The number of rotatable bonds is 6. The summed E-state index contributed by atoms with van der Waals surface area (Å²) in [6.07, 6.45) is 3.08. The van der Waals surface area contributed by atoms with Crippen LogP contribution < -0.4 is 9.30 Å². The highest BCUT2D eigenvalue weighted by Gasteiger charge is 2.25. The van der Waals surface area contributed by atoms with Crippen molar-refractivity contribution in [3.05, 3.63) is 82.9 Å². The highest BCUT2D eigenvalue weighted by Crippen LogP contribution is 2.30. The van der Waals surface area contributed by atoms with Gasteiger partial charge in [-0.15, -0.1) is 9.24 Å². The third kappa shape index (κ3) is 4.07. The van der Waals surface area contributed by atoms with Gasteiger partial charge in [0.15, 0.2) is 0 Å². The van der Waals surface area contributed by atoms with E-state index < -0.39 is 0 Å². The minimum absolute atomic E-state index is 0.306. The molecule has 0 aliphatic heterocycles. The molecule has 0 fully saturated rings. The molecule has 3 nitrogen and oxygen atoms in total. The van der Waals surface area contributed by atoms with E-state index in [1.54, 1.807) is 0 Å². The number of unbranched alkanes of at least 4 members (excludes halogenated alkanes) is 1. The Balaban J connectivity index is 1.90. The summed E-state index contributed by atoms with van der Waals surface area (Å²) in [6, 6.07) is 20.5. The molecule has 0 N–H and O–H groups in total. The third-order valence-corrected chi connectivity index (χ3v) is 6.29. The highest BCUT2D eigenvalue weighted by molar-refractivity contribution is 7.15. The molecule has 158 valence electrons. The summed E-state index contributed by atoms with van der Waals surface area (Å²) >= 11 is 0. The number of aromatic nitrogens is 1. The SMILES string of the molecule is CCCC[n+]1c2ccccc2c(C(=O)Oc2c(C)cc(CP)cc2C)c2ccccc21. The molecule has 3 aromatic carbocycles. The first kappa shape index (κ1) is 21.5. The molecule has 1 aromatic heterocycles. The van der Waals surface area contributed by atoms with Crippen LogP contribution in [0.3, 0.4) is 0 Å². The lowest BCUT2D eigenvalue weighted by atomic mass is 10.0. The maximum atomic E-state index is 13.6. The second-order valence-electron chi connectivity index (χ2n) is 8.07. The molecule has 0 bridgehead atoms. The zero-order valence-electron chi connectivity index (χ0n) is 18.4. The molecule has 0 radical (unpaired) electrons. The minimum atomic E-state index is -0.306. The Labute approximate surface area is 186 Å². The molecule has 31 heavy (non-hydrogen) atoms. The van der Waals surface area contributed by atoms with Crippen LogP contribution in [0.15, 0.2) is 60.7 Å². The number of fused-ring (bicyclic) bond motifs is 2. The van der Waals surface area contributed by atoms with Gasteiger partial charge < -0.3 is 4.74 Å². The summed E-state index contributed by atoms with van der Waals surface area (Å²) in [5, 5.41) is 1.86. The van der Waals surface area contributed by atoms with E-state index in [9.17, 15) is 4.79 Å². The second-order valence-corrected chi connectivity index (χ2v) is 8.48. The molecule has 1 unspecified atom stereocenters. The molecule has 0 aliphatic carbocycles. The zero-order chi connectivity index (χ0) is 22.0. The lowest BCUT2D eigenvalue weighted by Gasteiger charge is -2.15. The molecule has 1 atom stereocenters. The van der Waals surface area contributed by atoms with Gasteiger partial charge >= 0.3 is 5.97 Å². The fourth-order valence-corrected chi connectivity index (χ4v) is 4.59. The number of aryl methyl sites for hydroxylation is 3. The van der Waals surface area contributed by atoms with Crippen LogP contribution in [0.2, 0.25) is 0 Å². The van der Waals surface area contributed by atoms with Crippen molar-refractivity contribution in [2.75, 3.05) is 0 Å². The molecule has 4 rings (SSSR count). The van der Waals surface area contributed by atoms with Gasteiger partial charge in [-0.05, 0) is 48.8 Å². The summed E-state index contributed by atoms with van der Waals surface area (Å²) in [5.74, 6) is 0.350. The van der Waals surface area contributed by atoms with Crippen LogP contribution >= 0.6 is 9.24 Å². The third-order valence-electron chi connectivity index (χ3n) is 5.82. The number of hydrogen-bond donors (Lipinski definition) is 0. The second kappa shape index (κ2) is 9.16. The number of benzene rings is 3. The Morgan fingerprint density at radius 1 is 0.935 bits per heavy atom. The molecular formula is C27H29NO2P+. The summed E-state index contributed by atoms with van der Waals surface area (Å²) in [5.41, 5.74) is 5.93. The molecule has 0 saturated heterocycles. The average molecular weight is 431 g/mol. The Kier molecular flexibility index (Phi) is 6.34. The van der Waals surface area contributed by atoms with Gasteiger partial charge in [0.2, 0.25) is 11.0 Å². The first-order valence-electron chi connectivity index (χ1n) is 10.9. The first-order chi connectivity index (χ1) is 15.0. The molecule has 4 aromatic rings. The van der Waals surface area contributed by atoms with E-state index in [-0.39, 0.29) is 5.97 Å². The molecule has 0 saturated carbocycles. The number of esters is 1. The van der Waals surface area contributed by atoms with Gasteiger partial charge in [0.1, 0.15) is 12.3 Å². The van der Waals surface area contributed by atoms with Gasteiger partial charge in [0.25, 0.3) is 0 Å². The maximum Gasteiger partial charge on any atom is 0.345 e. The van der Waals surface area contributed by atoms with Crippen LogP contribution in [0.25, 0.3) is 21.8 Å². The van der Waals surface area contributed by atoms with E-state index in [1.165, 1.54) is 5.56 Å². The summed E-state index contributed by atoms with van der Waals surface area (Å²) < 4.78 is 8.37. The monoisotopic (exact) mass is 430 g/mol. The van der Waals surface area contributed by atoms with Crippen LogP contribution in [0, 0.1) is 13.8 Å². The number of carbonyl (C=O) groups is 1. The number of carbonyl (C=O) groups excluding carboxylic acids is 1. The predicted molar refractivity (Wildman–Crippen MR) is 131 cm³/mol. The fraction of sp³-hybridized carbons (Fsp3) is 0.259. The molecule has 1 heterocycles. The largest absolute Gasteiger partial charge is 0.422 e. The number of para-hydroxylation sites is 2. The van der Waals surface area contributed by atoms with Crippen molar-refractivity contribution in [3.63, 3.8) is 0 Å². The van der Waals surface area contributed by atoms with Gasteiger partial charge in [-0.25, -0.2) is 4.79 Å². The predicted octanol–water partition coefficient (Wildman–Crippen LogP) is 6.29. The van der Waals surface area contributed by atoms with Crippen LogP contribution in [0.5, 0.6) is 5.75 Å². The summed E-state index contributed by atoms with van der Waals surface area (Å²) in [4.78, 5) is 13.6. The van der Waals surface area contributed by atoms with Crippen molar-refractivity contribution in [1.29, 1.82) is 0 Å². The van der Waals surface area contributed by atoms with Crippen LogP contribution in [0.1, 0.15) is 46.8 Å². The standard InChI is InChI=1S/C27H29NO2P/c1-4-5-14-28-23-12-8-6-10-21(23)25(22-11-7-9-13-24(22)28)27(29)30-26-18(2)15-20(17-31)16-19(26)3/h6-13,15-16H,4-5,14,17,31H2,1-3H3/q+1. The van der Waals surface area contributed by atoms with E-state index in [4.69, 9.17) is 4.74 Å². The minimum Gasteiger partial charge on any atom is -0.422 e. The molecule has 0 spiro atoms. The van der Waals surface area contributed by atoms with Crippen LogP contribution in [-0.4, -0.2) is 5.97 Å². The number of nitrogens with zero attached hydrogens (tertiary/aromatic N) is 1. The van der Waals surface area contributed by atoms with Crippen molar-refractivity contribution in [3.8, 4) is 5.75 Å². The lowest BCUT2D eigenvalue weighted by Crippen LogP contribution is -2.36. The molecule has 4 heteroatoms. The van der Waals surface area contributed by atoms with Crippen molar-refractivity contribution < 1.29 is 14.1 Å². The van der Waals surface area contributed by atoms with Crippen molar-refractivity contribution in [2.24, 2.45) is 0 Å². The van der Waals surface area contributed by atoms with Gasteiger partial charge in [-0.3, -0.25) is 0 Å². The zero-order valence-corrected chi connectivity index (χ0v) is 19.6. The molecular weight excluding hydrogens is 401 g/mol. The lowest BCUT2D eigenvalue weighted by molar-refractivity contribution is -0.645. The Morgan fingerprint density at radius 2 is 1.48 bits per heavy atom. The van der Waals surface area contributed by atoms with Gasteiger partial charge in [0, 0.05) is 18.6 Å². The average Bonchev–Trinajstić information content (AvgIpc) is 2.78. The quantitative estimate of drug-likeness (QED) is 0.118. The number of ether oxygens (including phenoxy) is 1.